The predicted octanol–water partition coefficient (Wildman–Crippen LogP) is 3.79. The number of carboxylic acids is 1. The lowest BCUT2D eigenvalue weighted by atomic mass is 10.2. The zero-order valence-electron chi connectivity index (χ0n) is 13.5. The fourth-order valence-electron chi connectivity index (χ4n) is 2.03. The van der Waals surface area contributed by atoms with Crippen molar-refractivity contribution in [3.8, 4) is 5.75 Å². The number of rotatable bonds is 5. The molecule has 0 aliphatic heterocycles. The van der Waals surface area contributed by atoms with Gasteiger partial charge in [0.25, 0.3) is 5.91 Å². The van der Waals surface area contributed by atoms with E-state index in [-0.39, 0.29) is 17.3 Å². The molecule has 0 fully saturated rings. The Balaban J connectivity index is 1.98. The SMILES string of the molecule is Cc1cccc(OCC(=O)NC(=S)Nc2c(I)cc(I)cc2C(=O)O)c1. The number of nitrogens with one attached hydrogen (secondary N) is 2. The van der Waals surface area contributed by atoms with E-state index in [1.54, 1.807) is 12.1 Å². The maximum atomic E-state index is 12.0. The number of carboxylic acid groups (broad SMARTS) is 1. The summed E-state index contributed by atoms with van der Waals surface area (Å²) in [6.45, 7) is 1.72. The molecule has 0 radical (unpaired) electrons. The Hall–Kier alpha value is -1.47. The van der Waals surface area contributed by atoms with E-state index < -0.39 is 11.9 Å². The Morgan fingerprint density at radius 3 is 2.62 bits per heavy atom. The molecule has 6 nitrogen and oxygen atoms in total. The van der Waals surface area contributed by atoms with Gasteiger partial charge in [-0.15, -0.1) is 0 Å². The van der Waals surface area contributed by atoms with Crippen LogP contribution in [-0.2, 0) is 4.79 Å². The summed E-state index contributed by atoms with van der Waals surface area (Å²) in [7, 11) is 0. The van der Waals surface area contributed by atoms with E-state index in [1.165, 1.54) is 6.07 Å². The maximum Gasteiger partial charge on any atom is 0.337 e. The molecule has 0 spiro atoms. The third kappa shape index (κ3) is 6.06. The van der Waals surface area contributed by atoms with Crippen LogP contribution in [0, 0.1) is 14.1 Å². The third-order valence-corrected chi connectivity index (χ3v) is 4.81. The van der Waals surface area contributed by atoms with E-state index in [2.05, 4.69) is 10.6 Å². The van der Waals surface area contributed by atoms with Gasteiger partial charge in [-0.3, -0.25) is 10.1 Å². The number of hydrogen-bond donors (Lipinski definition) is 3. The topological polar surface area (TPSA) is 87.7 Å². The summed E-state index contributed by atoms with van der Waals surface area (Å²) in [6, 6.07) is 10.7. The monoisotopic (exact) mass is 596 g/mol. The maximum absolute atomic E-state index is 12.0. The first-order valence-corrected chi connectivity index (χ1v) is 9.85. The lowest BCUT2D eigenvalue weighted by Crippen LogP contribution is -2.37. The highest BCUT2D eigenvalue weighted by Gasteiger charge is 2.16. The predicted molar refractivity (Wildman–Crippen MR) is 120 cm³/mol. The van der Waals surface area contributed by atoms with Crippen molar-refractivity contribution in [2.75, 3.05) is 11.9 Å². The van der Waals surface area contributed by atoms with Gasteiger partial charge in [0.15, 0.2) is 11.7 Å². The van der Waals surface area contributed by atoms with Crippen LogP contribution in [0.5, 0.6) is 5.75 Å². The van der Waals surface area contributed by atoms with E-state index in [4.69, 9.17) is 17.0 Å². The smallest absolute Gasteiger partial charge is 0.337 e. The van der Waals surface area contributed by atoms with Crippen LogP contribution in [0.3, 0.4) is 0 Å². The molecule has 3 N–H and O–H groups in total. The van der Waals surface area contributed by atoms with Crippen LogP contribution < -0.4 is 15.4 Å². The first-order chi connectivity index (χ1) is 12.3. The quantitative estimate of drug-likeness (QED) is 0.360. The summed E-state index contributed by atoms with van der Waals surface area (Å²) in [4.78, 5) is 23.4. The molecule has 2 rings (SSSR count). The van der Waals surface area contributed by atoms with Gasteiger partial charge in [0, 0.05) is 7.14 Å². The van der Waals surface area contributed by atoms with Gasteiger partial charge in [-0.1, -0.05) is 12.1 Å². The van der Waals surface area contributed by atoms with Crippen LogP contribution in [0.15, 0.2) is 36.4 Å². The Kier molecular flexibility index (Phi) is 7.58. The molecule has 1 amide bonds. The van der Waals surface area contributed by atoms with E-state index >= 15 is 0 Å². The number of thiocarbonyl (C=S) groups is 1. The number of aryl methyl sites for hydroxylation is 1. The van der Waals surface area contributed by atoms with Crippen molar-refractivity contribution in [1.82, 2.24) is 5.32 Å². The molecule has 0 bridgehead atoms. The fraction of sp³-hybridized carbons (Fsp3) is 0.118. The standard InChI is InChI=1S/C17H14I2N2O4S/c1-9-3-2-4-11(5-9)25-8-14(22)20-17(26)21-15-12(16(23)24)6-10(18)7-13(15)19/h2-7H,8H2,1H3,(H,23,24)(H2,20,21,22,26). The Labute approximate surface area is 183 Å². The highest BCUT2D eigenvalue weighted by atomic mass is 127. The first-order valence-electron chi connectivity index (χ1n) is 7.29. The van der Waals surface area contributed by atoms with Gasteiger partial charge < -0.3 is 15.2 Å². The summed E-state index contributed by atoms with van der Waals surface area (Å²) in [5.41, 5.74) is 1.44. The van der Waals surface area contributed by atoms with Crippen molar-refractivity contribution in [3.05, 3.63) is 54.7 Å². The fourth-order valence-corrected chi connectivity index (χ4v) is 4.23. The van der Waals surface area contributed by atoms with Crippen LogP contribution in [0.2, 0.25) is 0 Å². The molecule has 0 heterocycles. The number of carbonyl (C=O) groups excluding carboxylic acids is 1. The summed E-state index contributed by atoms with van der Waals surface area (Å²) in [5, 5.41) is 14.6. The van der Waals surface area contributed by atoms with Crippen molar-refractivity contribution in [1.29, 1.82) is 0 Å². The van der Waals surface area contributed by atoms with Gasteiger partial charge in [-0.25, -0.2) is 4.79 Å². The molecule has 0 saturated carbocycles. The van der Waals surface area contributed by atoms with Gasteiger partial charge in [-0.2, -0.15) is 0 Å². The van der Waals surface area contributed by atoms with Gasteiger partial charge in [-0.05, 0) is 94.2 Å². The molecule has 0 atom stereocenters. The molecule has 136 valence electrons. The van der Waals surface area contributed by atoms with Crippen molar-refractivity contribution in [2.45, 2.75) is 6.92 Å². The van der Waals surface area contributed by atoms with Crippen molar-refractivity contribution in [3.63, 3.8) is 0 Å². The zero-order valence-corrected chi connectivity index (χ0v) is 18.6. The van der Waals surface area contributed by atoms with Crippen molar-refractivity contribution in [2.24, 2.45) is 0 Å². The number of amides is 1. The zero-order chi connectivity index (χ0) is 19.3. The number of carbonyl (C=O) groups is 2. The Bertz CT molecular complexity index is 874. The minimum absolute atomic E-state index is 0.00414. The van der Waals surface area contributed by atoms with Crippen LogP contribution >= 0.6 is 57.4 Å². The second-order valence-corrected chi connectivity index (χ2v) is 8.04. The summed E-state index contributed by atoms with van der Waals surface area (Å²) in [6.07, 6.45) is 0. The normalized spacial score (nSPS) is 10.1. The molecule has 0 aliphatic carbocycles. The van der Waals surface area contributed by atoms with Gasteiger partial charge in [0.2, 0.25) is 0 Å². The number of hydrogen-bond acceptors (Lipinski definition) is 4. The average molecular weight is 596 g/mol. The number of anilines is 1. The first kappa shape index (κ1) is 20.8. The molecule has 0 aromatic heterocycles. The van der Waals surface area contributed by atoms with Gasteiger partial charge in [0.1, 0.15) is 5.75 Å². The number of benzene rings is 2. The van der Waals surface area contributed by atoms with Gasteiger partial charge >= 0.3 is 5.97 Å². The number of halogens is 2. The van der Waals surface area contributed by atoms with Crippen LogP contribution in [-0.4, -0.2) is 28.7 Å². The molecule has 0 unspecified atom stereocenters. The summed E-state index contributed by atoms with van der Waals surface area (Å²) >= 11 is 9.16. The second kappa shape index (κ2) is 9.46. The van der Waals surface area contributed by atoms with Crippen molar-refractivity contribution < 1.29 is 19.4 Å². The molecular formula is C17H14I2N2O4S. The number of aromatic carboxylic acids is 1. The van der Waals surface area contributed by atoms with Gasteiger partial charge in [0.05, 0.1) is 11.3 Å². The van der Waals surface area contributed by atoms with Crippen LogP contribution in [0.4, 0.5) is 5.69 Å². The molecule has 0 aliphatic rings. The average Bonchev–Trinajstić information content (AvgIpc) is 2.55. The largest absolute Gasteiger partial charge is 0.484 e. The molecule has 9 heteroatoms. The van der Waals surface area contributed by atoms with Crippen molar-refractivity contribution >= 4 is 80.1 Å². The minimum Gasteiger partial charge on any atom is -0.484 e. The highest BCUT2D eigenvalue weighted by Crippen LogP contribution is 2.26. The summed E-state index contributed by atoms with van der Waals surface area (Å²) < 4.78 is 6.87. The van der Waals surface area contributed by atoms with E-state index in [1.807, 2.05) is 70.3 Å². The number of ether oxygens (including phenoxy) is 1. The lowest BCUT2D eigenvalue weighted by Gasteiger charge is -2.14. The Morgan fingerprint density at radius 2 is 1.96 bits per heavy atom. The third-order valence-electron chi connectivity index (χ3n) is 3.14. The van der Waals surface area contributed by atoms with E-state index in [9.17, 15) is 14.7 Å². The molecule has 2 aromatic carbocycles. The second-order valence-electron chi connectivity index (χ2n) is 5.22. The molecular weight excluding hydrogens is 582 g/mol. The van der Waals surface area contributed by atoms with E-state index in [0.29, 0.717) is 15.0 Å². The lowest BCUT2D eigenvalue weighted by molar-refractivity contribution is -0.121. The summed E-state index contributed by atoms with van der Waals surface area (Å²) in [5.74, 6) is -0.943. The Morgan fingerprint density at radius 1 is 1.23 bits per heavy atom. The minimum atomic E-state index is -1.08. The van der Waals surface area contributed by atoms with E-state index in [0.717, 1.165) is 9.13 Å². The molecule has 26 heavy (non-hydrogen) atoms. The highest BCUT2D eigenvalue weighted by molar-refractivity contribution is 14.1. The van der Waals surface area contributed by atoms with Crippen LogP contribution in [0.1, 0.15) is 15.9 Å². The van der Waals surface area contributed by atoms with Crippen LogP contribution in [0.25, 0.3) is 0 Å². The molecule has 2 aromatic rings. The molecule has 0 saturated heterocycles.